The van der Waals surface area contributed by atoms with E-state index in [0.29, 0.717) is 6.42 Å². The molecule has 1 aromatic rings. The maximum Gasteiger partial charge on any atom is 0.0974 e. The fraction of sp³-hybridized carbons (Fsp3) is 0.538. The van der Waals surface area contributed by atoms with Gasteiger partial charge >= 0.3 is 0 Å². The second-order valence-corrected chi connectivity index (χ2v) is 4.64. The van der Waals surface area contributed by atoms with Crippen molar-refractivity contribution >= 4 is 0 Å². The van der Waals surface area contributed by atoms with Crippen molar-refractivity contribution in [1.29, 1.82) is 0 Å². The van der Waals surface area contributed by atoms with Gasteiger partial charge in [-0.2, -0.15) is 0 Å². The number of hydrogen-bond donors (Lipinski definition) is 4. The summed E-state index contributed by atoms with van der Waals surface area (Å²) >= 11 is 0. The van der Waals surface area contributed by atoms with Gasteiger partial charge in [-0.15, -0.1) is 0 Å². The second-order valence-electron chi connectivity index (χ2n) is 4.64. The van der Waals surface area contributed by atoms with Gasteiger partial charge in [0.2, 0.25) is 0 Å². The lowest BCUT2D eigenvalue weighted by Crippen LogP contribution is -2.59. The molecule has 0 saturated carbocycles. The lowest BCUT2D eigenvalue weighted by molar-refractivity contribution is -0.0508. The summed E-state index contributed by atoms with van der Waals surface area (Å²) in [6, 6.07) is 9.65. The third-order valence-corrected chi connectivity index (χ3v) is 3.30. The molecular formula is C13H19NO3. The number of aliphatic hydroxyl groups excluding tert-OH is 3. The molecule has 0 amide bonds. The van der Waals surface area contributed by atoms with Crippen molar-refractivity contribution in [3.05, 3.63) is 35.9 Å². The third-order valence-electron chi connectivity index (χ3n) is 3.30. The average molecular weight is 237 g/mol. The van der Waals surface area contributed by atoms with Crippen molar-refractivity contribution in [2.75, 3.05) is 6.61 Å². The maximum absolute atomic E-state index is 9.73. The molecule has 0 aliphatic carbocycles. The van der Waals surface area contributed by atoms with E-state index in [2.05, 4.69) is 5.32 Å². The first-order chi connectivity index (χ1) is 8.20. The van der Waals surface area contributed by atoms with E-state index in [4.69, 9.17) is 5.11 Å². The minimum absolute atomic E-state index is 0.0907. The lowest BCUT2D eigenvalue weighted by atomic mass is 9.90. The second kappa shape index (κ2) is 5.60. The fourth-order valence-corrected chi connectivity index (χ4v) is 2.37. The highest BCUT2D eigenvalue weighted by Crippen LogP contribution is 2.17. The normalized spacial score (nSPS) is 33.6. The molecule has 1 aliphatic heterocycles. The van der Waals surface area contributed by atoms with Crippen LogP contribution in [0.4, 0.5) is 0 Å². The molecule has 1 saturated heterocycles. The van der Waals surface area contributed by atoms with Crippen LogP contribution < -0.4 is 5.32 Å². The molecule has 0 radical (unpaired) electrons. The summed E-state index contributed by atoms with van der Waals surface area (Å²) in [5.41, 5.74) is 1.19. The molecule has 4 atom stereocenters. The first kappa shape index (κ1) is 12.5. The van der Waals surface area contributed by atoms with Gasteiger partial charge < -0.3 is 20.6 Å². The van der Waals surface area contributed by atoms with Gasteiger partial charge in [-0.1, -0.05) is 30.3 Å². The van der Waals surface area contributed by atoms with Gasteiger partial charge in [-0.3, -0.25) is 0 Å². The van der Waals surface area contributed by atoms with Gasteiger partial charge in [-0.05, 0) is 18.4 Å². The Morgan fingerprint density at radius 3 is 2.53 bits per heavy atom. The third kappa shape index (κ3) is 3.04. The highest BCUT2D eigenvalue weighted by atomic mass is 16.3. The predicted molar refractivity (Wildman–Crippen MR) is 64.6 cm³/mol. The van der Waals surface area contributed by atoms with Crippen LogP contribution in [0.15, 0.2) is 30.3 Å². The Bertz CT molecular complexity index is 344. The predicted octanol–water partition coefficient (Wildman–Crippen LogP) is -0.326. The monoisotopic (exact) mass is 237 g/mol. The summed E-state index contributed by atoms with van der Waals surface area (Å²) in [6.45, 7) is -0.163. The topological polar surface area (TPSA) is 72.7 Å². The van der Waals surface area contributed by atoms with Crippen molar-refractivity contribution in [2.24, 2.45) is 0 Å². The first-order valence-corrected chi connectivity index (χ1v) is 5.97. The van der Waals surface area contributed by atoms with E-state index in [1.165, 1.54) is 5.56 Å². The molecule has 1 heterocycles. The van der Waals surface area contributed by atoms with Crippen LogP contribution in [-0.4, -0.2) is 46.2 Å². The minimum Gasteiger partial charge on any atom is -0.395 e. The summed E-state index contributed by atoms with van der Waals surface area (Å²) in [7, 11) is 0. The molecule has 94 valence electrons. The number of aliphatic hydroxyl groups is 3. The number of rotatable bonds is 3. The number of benzene rings is 1. The van der Waals surface area contributed by atoms with E-state index in [1.54, 1.807) is 0 Å². The van der Waals surface area contributed by atoms with Crippen molar-refractivity contribution in [3.8, 4) is 0 Å². The Hall–Kier alpha value is -0.940. The number of hydrogen-bond acceptors (Lipinski definition) is 4. The number of piperidine rings is 1. The molecule has 2 rings (SSSR count). The SMILES string of the molecule is OCC1N[C@H](Cc2ccccc2)CC(O)[C@@H]1O. The molecule has 2 unspecified atom stereocenters. The Balaban J connectivity index is 1.98. The smallest absolute Gasteiger partial charge is 0.0974 e. The lowest BCUT2D eigenvalue weighted by Gasteiger charge is -2.37. The van der Waals surface area contributed by atoms with E-state index in [9.17, 15) is 10.2 Å². The molecule has 1 aromatic carbocycles. The van der Waals surface area contributed by atoms with Gasteiger partial charge in [0.1, 0.15) is 0 Å². The highest BCUT2D eigenvalue weighted by Gasteiger charge is 2.34. The summed E-state index contributed by atoms with van der Waals surface area (Å²) in [6.07, 6.45) is -0.345. The van der Waals surface area contributed by atoms with E-state index >= 15 is 0 Å². The molecular weight excluding hydrogens is 218 g/mol. The molecule has 17 heavy (non-hydrogen) atoms. The Kier molecular flexibility index (Phi) is 4.12. The van der Waals surface area contributed by atoms with Crippen LogP contribution in [0.2, 0.25) is 0 Å². The Morgan fingerprint density at radius 2 is 1.88 bits per heavy atom. The molecule has 4 N–H and O–H groups in total. The van der Waals surface area contributed by atoms with Gasteiger partial charge in [-0.25, -0.2) is 0 Å². The highest BCUT2D eigenvalue weighted by molar-refractivity contribution is 5.16. The Labute approximate surface area is 101 Å². The zero-order valence-corrected chi connectivity index (χ0v) is 9.66. The van der Waals surface area contributed by atoms with Crippen LogP contribution in [0.1, 0.15) is 12.0 Å². The van der Waals surface area contributed by atoms with E-state index in [-0.39, 0.29) is 12.6 Å². The Morgan fingerprint density at radius 1 is 1.18 bits per heavy atom. The average Bonchev–Trinajstić information content (AvgIpc) is 2.35. The quantitative estimate of drug-likeness (QED) is 0.581. The molecule has 0 spiro atoms. The van der Waals surface area contributed by atoms with Crippen molar-refractivity contribution in [3.63, 3.8) is 0 Å². The molecule has 1 fully saturated rings. The molecule has 0 bridgehead atoms. The van der Waals surface area contributed by atoms with E-state index in [0.717, 1.165) is 6.42 Å². The summed E-state index contributed by atoms with van der Waals surface area (Å²) in [5, 5.41) is 31.7. The van der Waals surface area contributed by atoms with Crippen LogP contribution in [0.5, 0.6) is 0 Å². The first-order valence-electron chi connectivity index (χ1n) is 5.97. The zero-order chi connectivity index (χ0) is 12.3. The van der Waals surface area contributed by atoms with E-state index < -0.39 is 18.2 Å². The van der Waals surface area contributed by atoms with Crippen LogP contribution >= 0.6 is 0 Å². The standard InChI is InChI=1S/C13H19NO3/c15-8-11-13(17)12(16)7-10(14-11)6-9-4-2-1-3-5-9/h1-5,10-17H,6-8H2/t10-,11?,12?,13-/m1/s1. The van der Waals surface area contributed by atoms with Crippen LogP contribution in [0, 0.1) is 0 Å². The van der Waals surface area contributed by atoms with Crippen LogP contribution in [0.3, 0.4) is 0 Å². The summed E-state index contributed by atoms with van der Waals surface area (Å²) < 4.78 is 0. The summed E-state index contributed by atoms with van der Waals surface area (Å²) in [5.74, 6) is 0. The molecule has 0 aromatic heterocycles. The summed E-state index contributed by atoms with van der Waals surface area (Å²) in [4.78, 5) is 0. The van der Waals surface area contributed by atoms with Gasteiger partial charge in [0.05, 0.1) is 24.9 Å². The fourth-order valence-electron chi connectivity index (χ4n) is 2.37. The van der Waals surface area contributed by atoms with Gasteiger partial charge in [0.25, 0.3) is 0 Å². The number of nitrogens with one attached hydrogen (secondary N) is 1. The van der Waals surface area contributed by atoms with E-state index in [1.807, 2.05) is 30.3 Å². The largest absolute Gasteiger partial charge is 0.395 e. The molecule has 1 aliphatic rings. The van der Waals surface area contributed by atoms with Crippen molar-refractivity contribution in [2.45, 2.75) is 37.1 Å². The van der Waals surface area contributed by atoms with Crippen molar-refractivity contribution in [1.82, 2.24) is 5.32 Å². The van der Waals surface area contributed by atoms with Gasteiger partial charge in [0, 0.05) is 6.04 Å². The van der Waals surface area contributed by atoms with Gasteiger partial charge in [0.15, 0.2) is 0 Å². The van der Waals surface area contributed by atoms with Crippen LogP contribution in [-0.2, 0) is 6.42 Å². The zero-order valence-electron chi connectivity index (χ0n) is 9.66. The minimum atomic E-state index is -0.882. The van der Waals surface area contributed by atoms with Crippen LogP contribution in [0.25, 0.3) is 0 Å². The molecule has 4 heteroatoms. The van der Waals surface area contributed by atoms with Crippen molar-refractivity contribution < 1.29 is 15.3 Å². The molecule has 4 nitrogen and oxygen atoms in total. The maximum atomic E-state index is 9.73.